The van der Waals surface area contributed by atoms with Crippen molar-refractivity contribution >= 4 is 39.8 Å². The molecule has 0 unspecified atom stereocenters. The van der Waals surface area contributed by atoms with E-state index >= 15 is 0 Å². The molecule has 0 N–H and O–H groups in total. The standard InChI is InChI=1S/C15H18ClN3O3S/c1-10(13(20)18-6-4-2-3-5-7-18)22-14(21)11-12(16)17-15-19(11)8-9-23-15/h8-10H,2-7H2,1H3/t10-/m0/s1. The van der Waals surface area contributed by atoms with Crippen LogP contribution in [0.5, 0.6) is 0 Å². The number of hydrogen-bond acceptors (Lipinski definition) is 5. The molecule has 0 saturated carbocycles. The highest BCUT2D eigenvalue weighted by Crippen LogP contribution is 2.22. The number of amides is 1. The number of ether oxygens (including phenoxy) is 1. The van der Waals surface area contributed by atoms with Crippen LogP contribution in [0, 0.1) is 0 Å². The van der Waals surface area contributed by atoms with E-state index in [0.717, 1.165) is 38.8 Å². The van der Waals surface area contributed by atoms with Gasteiger partial charge in [-0.2, -0.15) is 0 Å². The lowest BCUT2D eigenvalue weighted by molar-refractivity contribution is -0.139. The lowest BCUT2D eigenvalue weighted by atomic mass is 10.2. The third-order valence-electron chi connectivity index (χ3n) is 3.96. The van der Waals surface area contributed by atoms with Crippen LogP contribution in [-0.2, 0) is 9.53 Å². The molecule has 1 fully saturated rings. The number of halogens is 1. The molecule has 0 aromatic carbocycles. The smallest absolute Gasteiger partial charge is 0.359 e. The first-order chi connectivity index (χ1) is 11.1. The number of imidazole rings is 1. The van der Waals surface area contributed by atoms with Crippen molar-refractivity contribution < 1.29 is 14.3 Å². The molecule has 1 aliphatic rings. The zero-order valence-electron chi connectivity index (χ0n) is 12.8. The van der Waals surface area contributed by atoms with E-state index in [1.807, 2.05) is 0 Å². The summed E-state index contributed by atoms with van der Waals surface area (Å²) >= 11 is 7.39. The first-order valence-corrected chi connectivity index (χ1v) is 8.94. The van der Waals surface area contributed by atoms with Crippen molar-refractivity contribution in [2.75, 3.05) is 13.1 Å². The van der Waals surface area contributed by atoms with Gasteiger partial charge >= 0.3 is 5.97 Å². The molecule has 124 valence electrons. The third kappa shape index (κ3) is 3.35. The molecule has 1 saturated heterocycles. The van der Waals surface area contributed by atoms with Gasteiger partial charge in [-0.25, -0.2) is 9.78 Å². The zero-order chi connectivity index (χ0) is 16.4. The van der Waals surface area contributed by atoms with Crippen LogP contribution in [0.2, 0.25) is 5.15 Å². The molecule has 2 aromatic heterocycles. The van der Waals surface area contributed by atoms with E-state index in [1.54, 1.807) is 27.8 Å². The van der Waals surface area contributed by atoms with Crippen LogP contribution in [-0.4, -0.2) is 45.4 Å². The molecule has 1 aliphatic heterocycles. The summed E-state index contributed by atoms with van der Waals surface area (Å²) in [6.07, 6.45) is 5.14. The number of fused-ring (bicyclic) bond motifs is 1. The Labute approximate surface area is 143 Å². The highest BCUT2D eigenvalue weighted by atomic mass is 35.5. The molecular weight excluding hydrogens is 338 g/mol. The van der Waals surface area contributed by atoms with Gasteiger partial charge in [0.2, 0.25) is 0 Å². The largest absolute Gasteiger partial charge is 0.448 e. The van der Waals surface area contributed by atoms with Gasteiger partial charge in [-0.3, -0.25) is 9.20 Å². The number of carbonyl (C=O) groups is 2. The van der Waals surface area contributed by atoms with Gasteiger partial charge in [0.1, 0.15) is 0 Å². The fourth-order valence-corrected chi connectivity index (χ4v) is 3.77. The summed E-state index contributed by atoms with van der Waals surface area (Å²) in [6.45, 7) is 3.05. The van der Waals surface area contributed by atoms with Crippen LogP contribution in [0.25, 0.3) is 4.96 Å². The number of hydrogen-bond donors (Lipinski definition) is 0. The van der Waals surface area contributed by atoms with E-state index in [0.29, 0.717) is 4.96 Å². The highest BCUT2D eigenvalue weighted by Gasteiger charge is 2.27. The van der Waals surface area contributed by atoms with Gasteiger partial charge in [-0.15, -0.1) is 11.3 Å². The Hall–Kier alpha value is -1.60. The number of rotatable bonds is 3. The molecular formula is C15H18ClN3O3S. The van der Waals surface area contributed by atoms with E-state index in [-0.39, 0.29) is 16.8 Å². The second-order valence-electron chi connectivity index (χ2n) is 5.59. The van der Waals surface area contributed by atoms with Crippen molar-refractivity contribution in [2.24, 2.45) is 0 Å². The van der Waals surface area contributed by atoms with E-state index in [1.165, 1.54) is 11.3 Å². The third-order valence-corrected chi connectivity index (χ3v) is 4.98. The second-order valence-corrected chi connectivity index (χ2v) is 6.82. The van der Waals surface area contributed by atoms with Crippen molar-refractivity contribution in [3.8, 4) is 0 Å². The first kappa shape index (κ1) is 16.3. The topological polar surface area (TPSA) is 63.9 Å². The molecule has 3 rings (SSSR count). The number of esters is 1. The number of aromatic nitrogens is 2. The maximum absolute atomic E-state index is 12.4. The molecule has 2 aromatic rings. The molecule has 1 amide bonds. The quantitative estimate of drug-likeness (QED) is 0.794. The molecule has 3 heterocycles. The average molecular weight is 356 g/mol. The minimum absolute atomic E-state index is 0.0938. The van der Waals surface area contributed by atoms with Crippen molar-refractivity contribution in [1.29, 1.82) is 0 Å². The van der Waals surface area contributed by atoms with E-state index < -0.39 is 12.1 Å². The Balaban J connectivity index is 1.70. The van der Waals surface area contributed by atoms with Crippen molar-refractivity contribution in [1.82, 2.24) is 14.3 Å². The highest BCUT2D eigenvalue weighted by molar-refractivity contribution is 7.15. The van der Waals surface area contributed by atoms with Gasteiger partial charge < -0.3 is 9.64 Å². The zero-order valence-corrected chi connectivity index (χ0v) is 14.4. The minimum atomic E-state index is -0.833. The van der Waals surface area contributed by atoms with Crippen LogP contribution in [0.4, 0.5) is 0 Å². The van der Waals surface area contributed by atoms with Gasteiger partial charge in [-0.1, -0.05) is 24.4 Å². The number of nitrogens with zero attached hydrogens (tertiary/aromatic N) is 3. The maximum Gasteiger partial charge on any atom is 0.359 e. The fraction of sp³-hybridized carbons (Fsp3) is 0.533. The summed E-state index contributed by atoms with van der Waals surface area (Å²) in [7, 11) is 0. The number of thiazole rings is 1. The molecule has 0 radical (unpaired) electrons. The predicted molar refractivity (Wildman–Crippen MR) is 88.0 cm³/mol. The summed E-state index contributed by atoms with van der Waals surface area (Å²) in [5.74, 6) is -0.779. The lowest BCUT2D eigenvalue weighted by Crippen LogP contribution is -2.40. The maximum atomic E-state index is 12.4. The molecule has 0 aliphatic carbocycles. The van der Waals surface area contributed by atoms with Crippen molar-refractivity contribution in [3.63, 3.8) is 0 Å². The molecule has 23 heavy (non-hydrogen) atoms. The summed E-state index contributed by atoms with van der Waals surface area (Å²) in [6, 6.07) is 0. The van der Waals surface area contributed by atoms with Crippen molar-refractivity contribution in [3.05, 3.63) is 22.4 Å². The molecule has 1 atom stereocenters. The lowest BCUT2D eigenvalue weighted by Gasteiger charge is -2.23. The van der Waals surface area contributed by atoms with Crippen molar-refractivity contribution in [2.45, 2.75) is 38.7 Å². The second kappa shape index (κ2) is 6.88. The van der Waals surface area contributed by atoms with Crippen LogP contribution in [0.15, 0.2) is 11.6 Å². The molecule has 0 spiro atoms. The Morgan fingerprint density at radius 3 is 2.70 bits per heavy atom. The Morgan fingerprint density at radius 2 is 2.00 bits per heavy atom. The minimum Gasteiger partial charge on any atom is -0.448 e. The normalized spacial score (nSPS) is 17.0. The van der Waals surface area contributed by atoms with Crippen LogP contribution in [0.1, 0.15) is 43.1 Å². The van der Waals surface area contributed by atoms with Gasteiger partial charge in [0.05, 0.1) is 0 Å². The Kier molecular flexibility index (Phi) is 4.87. The van der Waals surface area contributed by atoms with Gasteiger partial charge in [0.15, 0.2) is 21.9 Å². The first-order valence-electron chi connectivity index (χ1n) is 7.68. The molecule has 0 bridgehead atoms. The Bertz CT molecular complexity index is 719. The summed E-state index contributed by atoms with van der Waals surface area (Å²) < 4.78 is 6.92. The average Bonchev–Trinajstić information content (AvgIpc) is 2.95. The van der Waals surface area contributed by atoms with E-state index in [9.17, 15) is 9.59 Å². The number of likely N-dealkylation sites (tertiary alicyclic amines) is 1. The fourth-order valence-electron chi connectivity index (χ4n) is 2.76. The molecule has 6 nitrogen and oxygen atoms in total. The van der Waals surface area contributed by atoms with Crippen LogP contribution >= 0.6 is 22.9 Å². The van der Waals surface area contributed by atoms with E-state index in [4.69, 9.17) is 16.3 Å². The predicted octanol–water partition coefficient (Wildman–Crippen LogP) is 3.00. The molecule has 8 heteroatoms. The van der Waals surface area contributed by atoms with Gasteiger partial charge in [0, 0.05) is 24.7 Å². The van der Waals surface area contributed by atoms with E-state index in [2.05, 4.69) is 4.98 Å². The monoisotopic (exact) mass is 355 g/mol. The summed E-state index contributed by atoms with van der Waals surface area (Å²) in [5.41, 5.74) is 0.165. The van der Waals surface area contributed by atoms with Gasteiger partial charge in [0.25, 0.3) is 5.91 Å². The number of carbonyl (C=O) groups excluding carboxylic acids is 2. The summed E-state index contributed by atoms with van der Waals surface area (Å²) in [4.78, 5) is 31.3. The Morgan fingerprint density at radius 1 is 1.30 bits per heavy atom. The SMILES string of the molecule is C[C@H](OC(=O)c1c(Cl)nc2sccn12)C(=O)N1CCCCCC1. The van der Waals surface area contributed by atoms with Crippen LogP contribution in [0.3, 0.4) is 0 Å². The van der Waals surface area contributed by atoms with Gasteiger partial charge in [-0.05, 0) is 19.8 Å². The van der Waals surface area contributed by atoms with Crippen LogP contribution < -0.4 is 0 Å². The summed E-state index contributed by atoms with van der Waals surface area (Å²) in [5, 5.41) is 1.90.